The second-order valence-corrected chi connectivity index (χ2v) is 7.24. The highest BCUT2D eigenvalue weighted by atomic mass is 19.4. The number of hydrogen-bond donors (Lipinski definition) is 1. The minimum Gasteiger partial charge on any atom is -0.471 e. The average molecular weight is 404 g/mol. The molecule has 1 saturated carbocycles. The molecule has 2 atom stereocenters. The summed E-state index contributed by atoms with van der Waals surface area (Å²) in [6, 6.07) is 10.9. The van der Waals surface area contributed by atoms with Gasteiger partial charge in [0, 0.05) is 13.0 Å². The number of nitrogens with one attached hydrogen (secondary N) is 1. The number of rotatable bonds is 4. The van der Waals surface area contributed by atoms with Crippen molar-refractivity contribution < 1.29 is 32.0 Å². The second-order valence-electron chi connectivity index (χ2n) is 7.24. The van der Waals surface area contributed by atoms with Crippen LogP contribution in [0.2, 0.25) is 0 Å². The summed E-state index contributed by atoms with van der Waals surface area (Å²) in [6.45, 7) is 0.649. The Morgan fingerprint density at radius 2 is 1.90 bits per heavy atom. The van der Waals surface area contributed by atoms with Crippen LogP contribution in [-0.2, 0) is 4.79 Å². The van der Waals surface area contributed by atoms with Crippen LogP contribution in [0.1, 0.15) is 12.8 Å². The summed E-state index contributed by atoms with van der Waals surface area (Å²) in [7, 11) is 0. The molecule has 9 heteroatoms. The predicted octanol–water partition coefficient (Wildman–Crippen LogP) is 4.05. The molecule has 2 aliphatic rings. The van der Waals surface area contributed by atoms with Crippen LogP contribution < -0.4 is 14.8 Å². The van der Waals surface area contributed by atoms with Crippen LogP contribution in [0.25, 0.3) is 22.1 Å². The monoisotopic (exact) mass is 404 g/mol. The van der Waals surface area contributed by atoms with E-state index in [4.69, 9.17) is 9.26 Å². The summed E-state index contributed by atoms with van der Waals surface area (Å²) >= 11 is 0. The van der Waals surface area contributed by atoms with E-state index in [2.05, 4.69) is 15.2 Å². The van der Waals surface area contributed by atoms with E-state index in [9.17, 15) is 18.0 Å². The highest BCUT2D eigenvalue weighted by Gasteiger charge is 2.64. The third-order valence-corrected chi connectivity index (χ3v) is 5.43. The molecule has 29 heavy (non-hydrogen) atoms. The summed E-state index contributed by atoms with van der Waals surface area (Å²) in [6.07, 6.45) is -3.58. The molecule has 3 aromatic rings. The highest BCUT2D eigenvalue weighted by Crippen LogP contribution is 2.53. The molecule has 1 spiro atoms. The first-order valence-corrected chi connectivity index (χ1v) is 9.05. The van der Waals surface area contributed by atoms with Crippen LogP contribution in [-0.4, -0.2) is 30.1 Å². The number of alkyl halides is 3. The molecule has 1 N–H and O–H groups in total. The van der Waals surface area contributed by atoms with Gasteiger partial charge in [-0.25, -0.2) is 0 Å². The average Bonchev–Trinajstić information content (AvgIpc) is 3.01. The number of ether oxygens (including phenoxy) is 2. The molecule has 2 heterocycles. The number of hydrogen-bond acceptors (Lipinski definition) is 5. The number of carbonyl (C=O) groups excluding carboxylic acids is 1. The molecular formula is C20H15F3N2O4. The Hall–Kier alpha value is -3.23. The molecule has 1 aliphatic heterocycles. The van der Waals surface area contributed by atoms with Gasteiger partial charge in [0.05, 0.1) is 10.8 Å². The van der Waals surface area contributed by atoms with Crippen LogP contribution >= 0.6 is 0 Å². The van der Waals surface area contributed by atoms with E-state index in [1.54, 1.807) is 18.2 Å². The van der Waals surface area contributed by atoms with Gasteiger partial charge in [0.25, 0.3) is 5.88 Å². The van der Waals surface area contributed by atoms with Crippen molar-refractivity contribution in [2.24, 2.45) is 5.41 Å². The van der Waals surface area contributed by atoms with Crippen molar-refractivity contribution in [3.8, 4) is 22.8 Å². The number of amides is 1. The quantitative estimate of drug-likeness (QED) is 0.710. The summed E-state index contributed by atoms with van der Waals surface area (Å²) in [5, 5.41) is 7.43. The van der Waals surface area contributed by atoms with E-state index < -0.39 is 11.8 Å². The minimum absolute atomic E-state index is 0.0113. The first kappa shape index (κ1) is 17.8. The number of aromatic nitrogens is 1. The molecule has 1 aliphatic carbocycles. The molecule has 1 amide bonds. The first-order valence-electron chi connectivity index (χ1n) is 9.05. The molecule has 2 aromatic carbocycles. The van der Waals surface area contributed by atoms with Gasteiger partial charge < -0.3 is 19.3 Å². The topological polar surface area (TPSA) is 73.6 Å². The van der Waals surface area contributed by atoms with Crippen LogP contribution in [0, 0.1) is 5.41 Å². The van der Waals surface area contributed by atoms with Gasteiger partial charge in [-0.15, -0.1) is 13.2 Å². The van der Waals surface area contributed by atoms with E-state index in [1.165, 1.54) is 24.3 Å². The predicted molar refractivity (Wildman–Crippen MR) is 95.2 cm³/mol. The lowest BCUT2D eigenvalue weighted by molar-refractivity contribution is -0.274. The number of carbonyl (C=O) groups is 1. The molecule has 150 valence electrons. The van der Waals surface area contributed by atoms with E-state index in [0.29, 0.717) is 35.4 Å². The van der Waals surface area contributed by atoms with Crippen molar-refractivity contribution in [1.29, 1.82) is 0 Å². The maximum atomic E-state index is 12.3. The fourth-order valence-electron chi connectivity index (χ4n) is 3.78. The van der Waals surface area contributed by atoms with E-state index in [0.717, 1.165) is 12.0 Å². The zero-order chi connectivity index (χ0) is 20.2. The van der Waals surface area contributed by atoms with Crippen LogP contribution in [0.5, 0.6) is 11.6 Å². The lowest BCUT2D eigenvalue weighted by Gasteiger charge is -2.09. The first-order chi connectivity index (χ1) is 13.8. The second kappa shape index (κ2) is 6.13. The lowest BCUT2D eigenvalue weighted by Crippen LogP contribution is -2.24. The summed E-state index contributed by atoms with van der Waals surface area (Å²) in [4.78, 5) is 12.0. The number of nitrogens with zero attached hydrogens (tertiary/aromatic N) is 1. The maximum Gasteiger partial charge on any atom is 0.573 e. The Kier molecular flexibility index (Phi) is 3.77. The molecule has 1 saturated heterocycles. The zero-order valence-electron chi connectivity index (χ0n) is 15.0. The van der Waals surface area contributed by atoms with Crippen molar-refractivity contribution in [1.82, 2.24) is 10.5 Å². The molecule has 0 bridgehead atoms. The molecule has 2 unspecified atom stereocenters. The van der Waals surface area contributed by atoms with Crippen molar-refractivity contribution in [3.05, 3.63) is 42.5 Å². The van der Waals surface area contributed by atoms with Gasteiger partial charge in [0.15, 0.2) is 5.58 Å². The summed E-state index contributed by atoms with van der Waals surface area (Å²) in [5.74, 6) is 0.0304. The fourth-order valence-corrected chi connectivity index (χ4v) is 3.78. The Balaban J connectivity index is 1.39. The zero-order valence-corrected chi connectivity index (χ0v) is 15.0. The van der Waals surface area contributed by atoms with Crippen molar-refractivity contribution in [2.45, 2.75) is 25.3 Å². The van der Waals surface area contributed by atoms with Gasteiger partial charge in [-0.3, -0.25) is 4.79 Å². The standard InChI is InChI=1S/C20H15F3N2O4/c21-20(22,23)28-13-4-1-11(2-5-13)12-3-6-15-14(9-12)17(25-29-15)27-16-10-19(16)7-8-24-18(19)26/h1-6,9,16H,7-8,10H2,(H,24,26). The molecule has 6 nitrogen and oxygen atoms in total. The largest absolute Gasteiger partial charge is 0.573 e. The minimum atomic E-state index is -4.73. The van der Waals surface area contributed by atoms with E-state index in [1.807, 2.05) is 0 Å². The Bertz CT molecular complexity index is 1090. The van der Waals surface area contributed by atoms with Gasteiger partial charge in [-0.1, -0.05) is 18.2 Å². The summed E-state index contributed by atoms with van der Waals surface area (Å²) in [5.41, 5.74) is 1.52. The van der Waals surface area contributed by atoms with Gasteiger partial charge in [0.1, 0.15) is 11.9 Å². The molecule has 5 rings (SSSR count). The fraction of sp³-hybridized carbons (Fsp3) is 0.300. The lowest BCUT2D eigenvalue weighted by atomic mass is 10.0. The number of benzene rings is 2. The smallest absolute Gasteiger partial charge is 0.471 e. The van der Waals surface area contributed by atoms with Crippen LogP contribution in [0.3, 0.4) is 0 Å². The Morgan fingerprint density at radius 3 is 2.59 bits per heavy atom. The van der Waals surface area contributed by atoms with E-state index in [-0.39, 0.29) is 17.8 Å². The van der Waals surface area contributed by atoms with Crippen molar-refractivity contribution >= 4 is 16.9 Å². The normalized spacial score (nSPS) is 23.4. The van der Waals surface area contributed by atoms with E-state index >= 15 is 0 Å². The SMILES string of the molecule is O=C1NCCC12CC2Oc1noc2ccc(-c3ccc(OC(F)(F)F)cc3)cc12. The van der Waals surface area contributed by atoms with Crippen LogP contribution in [0.4, 0.5) is 13.2 Å². The Labute approximate surface area is 162 Å². The Morgan fingerprint density at radius 1 is 1.14 bits per heavy atom. The van der Waals surface area contributed by atoms with Gasteiger partial charge in [0.2, 0.25) is 5.91 Å². The third kappa shape index (κ3) is 3.16. The molecule has 0 radical (unpaired) electrons. The molecule has 2 fully saturated rings. The van der Waals surface area contributed by atoms with Crippen molar-refractivity contribution in [3.63, 3.8) is 0 Å². The van der Waals surface area contributed by atoms with Gasteiger partial charge in [-0.2, -0.15) is 0 Å². The maximum absolute atomic E-state index is 12.3. The van der Waals surface area contributed by atoms with Gasteiger partial charge >= 0.3 is 6.36 Å². The van der Waals surface area contributed by atoms with Crippen molar-refractivity contribution in [2.75, 3.05) is 6.54 Å². The summed E-state index contributed by atoms with van der Waals surface area (Å²) < 4.78 is 52.1. The highest BCUT2D eigenvalue weighted by molar-refractivity contribution is 5.90. The third-order valence-electron chi connectivity index (χ3n) is 5.43. The number of fused-ring (bicyclic) bond motifs is 1. The number of halogens is 3. The van der Waals surface area contributed by atoms with Gasteiger partial charge in [-0.05, 0) is 47.0 Å². The van der Waals surface area contributed by atoms with Crippen LogP contribution in [0.15, 0.2) is 47.0 Å². The molecular weight excluding hydrogens is 389 g/mol. The molecule has 1 aromatic heterocycles.